The van der Waals surface area contributed by atoms with Gasteiger partial charge in [-0.05, 0) is 42.4 Å². The molecular weight excluding hydrogens is 460 g/mol. The maximum Gasteiger partial charge on any atom is 0.281 e. The number of hydrogen-bond acceptors (Lipinski definition) is 4. The molecule has 0 bridgehead atoms. The van der Waals surface area contributed by atoms with Crippen molar-refractivity contribution in [3.8, 4) is 5.75 Å². The standard InChI is InChI=1S/C23H16F4N2O3S/c1-2-12-5-3-4-6-18(12)29-22(30)17(28-23(29)33)9-13-7-8-14(32-13)11-31-21-19(26)15(24)10-16(25)20(21)27/h3-10H,2,11H2,1H3,(H,28,33)/b17-9+. The van der Waals surface area contributed by atoms with Gasteiger partial charge >= 0.3 is 0 Å². The van der Waals surface area contributed by atoms with Crippen LogP contribution in [-0.2, 0) is 17.8 Å². The van der Waals surface area contributed by atoms with Gasteiger partial charge in [-0.25, -0.2) is 8.78 Å². The number of amides is 1. The van der Waals surface area contributed by atoms with Gasteiger partial charge in [0.05, 0.1) is 5.69 Å². The fraction of sp³-hybridized carbons (Fsp3) is 0.130. The van der Waals surface area contributed by atoms with Crippen LogP contribution in [0.2, 0.25) is 0 Å². The summed E-state index contributed by atoms with van der Waals surface area (Å²) in [6, 6.07) is 10.4. The Balaban J connectivity index is 1.51. The van der Waals surface area contributed by atoms with Crippen LogP contribution in [0.5, 0.6) is 5.75 Å². The number of anilines is 1. The van der Waals surface area contributed by atoms with E-state index >= 15 is 0 Å². The first-order valence-corrected chi connectivity index (χ1v) is 10.2. The summed E-state index contributed by atoms with van der Waals surface area (Å²) >= 11 is 5.32. The molecule has 2 heterocycles. The maximum atomic E-state index is 13.7. The predicted octanol–water partition coefficient (Wildman–Crippen LogP) is 5.24. The van der Waals surface area contributed by atoms with Crippen LogP contribution in [0.3, 0.4) is 0 Å². The molecule has 1 saturated heterocycles. The molecule has 0 unspecified atom stereocenters. The largest absolute Gasteiger partial charge is 0.479 e. The van der Waals surface area contributed by atoms with E-state index < -0.39 is 35.6 Å². The summed E-state index contributed by atoms with van der Waals surface area (Å²) in [5.74, 6) is -7.69. The van der Waals surface area contributed by atoms with E-state index in [2.05, 4.69) is 5.32 Å². The lowest BCUT2D eigenvalue weighted by Gasteiger charge is -2.17. The number of nitrogens with zero attached hydrogens (tertiary/aromatic N) is 1. The van der Waals surface area contributed by atoms with Crippen molar-refractivity contribution in [2.24, 2.45) is 0 Å². The molecule has 0 radical (unpaired) electrons. The molecule has 0 aliphatic carbocycles. The van der Waals surface area contributed by atoms with Crippen molar-refractivity contribution < 1.29 is 31.5 Å². The van der Waals surface area contributed by atoms with E-state index in [0.29, 0.717) is 12.1 Å². The summed E-state index contributed by atoms with van der Waals surface area (Å²) < 4.78 is 64.4. The van der Waals surface area contributed by atoms with Gasteiger partial charge in [-0.15, -0.1) is 0 Å². The number of halogens is 4. The fourth-order valence-electron chi connectivity index (χ4n) is 3.29. The van der Waals surface area contributed by atoms with Crippen molar-refractivity contribution >= 4 is 35.0 Å². The minimum atomic E-state index is -1.65. The topological polar surface area (TPSA) is 54.7 Å². The first kappa shape index (κ1) is 22.5. The van der Waals surface area contributed by atoms with Gasteiger partial charge in [0.1, 0.15) is 23.8 Å². The van der Waals surface area contributed by atoms with Crippen LogP contribution < -0.4 is 15.0 Å². The quantitative estimate of drug-likeness (QED) is 0.228. The van der Waals surface area contributed by atoms with Crippen molar-refractivity contribution in [1.82, 2.24) is 5.32 Å². The van der Waals surface area contributed by atoms with Gasteiger partial charge in [-0.1, -0.05) is 25.1 Å². The van der Waals surface area contributed by atoms with E-state index in [4.69, 9.17) is 21.4 Å². The van der Waals surface area contributed by atoms with Gasteiger partial charge in [0.25, 0.3) is 5.91 Å². The predicted molar refractivity (Wildman–Crippen MR) is 116 cm³/mol. The Morgan fingerprint density at radius 1 is 1.09 bits per heavy atom. The molecule has 0 atom stereocenters. The normalized spacial score (nSPS) is 14.8. The van der Waals surface area contributed by atoms with Gasteiger partial charge in [0.2, 0.25) is 11.6 Å². The summed E-state index contributed by atoms with van der Waals surface area (Å²) in [6.45, 7) is 1.46. The van der Waals surface area contributed by atoms with Crippen molar-refractivity contribution in [3.05, 3.63) is 88.5 Å². The monoisotopic (exact) mass is 476 g/mol. The average molecular weight is 476 g/mol. The molecule has 170 valence electrons. The minimum Gasteiger partial charge on any atom is -0.479 e. The summed E-state index contributed by atoms with van der Waals surface area (Å²) in [7, 11) is 0. The van der Waals surface area contributed by atoms with Crippen LogP contribution in [0.4, 0.5) is 23.2 Å². The molecule has 3 aromatic rings. The van der Waals surface area contributed by atoms with Crippen molar-refractivity contribution in [2.45, 2.75) is 20.0 Å². The lowest BCUT2D eigenvalue weighted by Crippen LogP contribution is -2.31. The van der Waals surface area contributed by atoms with Crippen LogP contribution in [0.25, 0.3) is 6.08 Å². The number of hydrogen-bond donors (Lipinski definition) is 1. The van der Waals surface area contributed by atoms with Crippen molar-refractivity contribution in [3.63, 3.8) is 0 Å². The third-order valence-electron chi connectivity index (χ3n) is 4.89. The zero-order chi connectivity index (χ0) is 23.7. The summed E-state index contributed by atoms with van der Waals surface area (Å²) in [6.07, 6.45) is 2.12. The third-order valence-corrected chi connectivity index (χ3v) is 5.18. The SMILES string of the molecule is CCc1ccccc1N1C(=O)/C(=C\c2ccc(COc3c(F)c(F)cc(F)c3F)o2)NC1=S. The van der Waals surface area contributed by atoms with Gasteiger partial charge in [0, 0.05) is 12.1 Å². The Morgan fingerprint density at radius 2 is 1.79 bits per heavy atom. The smallest absolute Gasteiger partial charge is 0.281 e. The van der Waals surface area contributed by atoms with E-state index in [1.165, 1.54) is 23.1 Å². The first-order chi connectivity index (χ1) is 15.8. The van der Waals surface area contributed by atoms with Gasteiger partial charge in [-0.2, -0.15) is 8.78 Å². The van der Waals surface area contributed by atoms with E-state index in [1.54, 1.807) is 12.1 Å². The number of benzene rings is 2. The minimum absolute atomic E-state index is 0.0902. The molecule has 1 amide bonds. The Bertz CT molecular complexity index is 1260. The molecule has 0 spiro atoms. The van der Waals surface area contributed by atoms with Crippen LogP contribution >= 0.6 is 12.2 Å². The number of rotatable bonds is 6. The maximum absolute atomic E-state index is 13.7. The zero-order valence-corrected chi connectivity index (χ0v) is 17.9. The molecule has 1 fully saturated rings. The first-order valence-electron chi connectivity index (χ1n) is 9.79. The number of ether oxygens (including phenoxy) is 1. The van der Waals surface area contributed by atoms with Crippen molar-refractivity contribution in [2.75, 3.05) is 4.90 Å². The van der Waals surface area contributed by atoms with Crippen LogP contribution in [0, 0.1) is 23.3 Å². The van der Waals surface area contributed by atoms with E-state index in [0.717, 1.165) is 5.56 Å². The Labute approximate surface area is 191 Å². The number of aryl methyl sites for hydroxylation is 1. The lowest BCUT2D eigenvalue weighted by molar-refractivity contribution is -0.113. The average Bonchev–Trinajstić information content (AvgIpc) is 3.35. The van der Waals surface area contributed by atoms with Gasteiger partial charge < -0.3 is 14.5 Å². The van der Waals surface area contributed by atoms with E-state index in [1.807, 2.05) is 19.1 Å². The molecule has 1 N–H and O–H groups in total. The third kappa shape index (κ3) is 4.34. The molecule has 1 aliphatic rings. The molecule has 33 heavy (non-hydrogen) atoms. The molecule has 5 nitrogen and oxygen atoms in total. The molecule has 10 heteroatoms. The highest BCUT2D eigenvalue weighted by Gasteiger charge is 2.33. The molecule has 0 saturated carbocycles. The number of carbonyl (C=O) groups excluding carboxylic acids is 1. The van der Waals surface area contributed by atoms with Gasteiger partial charge in [-0.3, -0.25) is 9.69 Å². The van der Waals surface area contributed by atoms with E-state index in [-0.39, 0.29) is 34.3 Å². The molecule has 2 aromatic carbocycles. The molecular formula is C23H16F4N2O3S. The highest BCUT2D eigenvalue weighted by molar-refractivity contribution is 7.80. The highest BCUT2D eigenvalue weighted by atomic mass is 32.1. The van der Waals surface area contributed by atoms with Gasteiger partial charge in [0.15, 0.2) is 22.5 Å². The second-order valence-electron chi connectivity index (χ2n) is 7.00. The Morgan fingerprint density at radius 3 is 2.48 bits per heavy atom. The molecule has 4 rings (SSSR count). The zero-order valence-electron chi connectivity index (χ0n) is 17.1. The van der Waals surface area contributed by atoms with Crippen LogP contribution in [0.1, 0.15) is 24.0 Å². The van der Waals surface area contributed by atoms with Crippen molar-refractivity contribution in [1.29, 1.82) is 0 Å². The fourth-order valence-corrected chi connectivity index (χ4v) is 3.59. The second kappa shape index (κ2) is 9.07. The molecule has 1 aromatic heterocycles. The number of furan rings is 1. The van der Waals surface area contributed by atoms with Crippen LogP contribution in [0.15, 0.2) is 52.6 Å². The number of para-hydroxylation sites is 1. The summed E-state index contributed by atoms with van der Waals surface area (Å²) in [4.78, 5) is 14.3. The number of carbonyl (C=O) groups is 1. The van der Waals surface area contributed by atoms with Crippen LogP contribution in [-0.4, -0.2) is 11.0 Å². The summed E-state index contributed by atoms with van der Waals surface area (Å²) in [5, 5.41) is 3.05. The molecule has 1 aliphatic heterocycles. The lowest BCUT2D eigenvalue weighted by atomic mass is 10.1. The number of nitrogens with one attached hydrogen (secondary N) is 1. The second-order valence-corrected chi connectivity index (χ2v) is 7.39. The number of thiocarbonyl (C=S) groups is 1. The highest BCUT2D eigenvalue weighted by Crippen LogP contribution is 2.29. The Hall–Kier alpha value is -3.66. The summed E-state index contributed by atoms with van der Waals surface area (Å²) in [5.41, 5.74) is 1.78. The van der Waals surface area contributed by atoms with E-state index in [9.17, 15) is 22.4 Å². The Kier molecular flexibility index (Phi) is 6.19.